The Morgan fingerprint density at radius 2 is 1.96 bits per heavy atom. The molecule has 0 bridgehead atoms. The van der Waals surface area contributed by atoms with E-state index in [2.05, 4.69) is 29.1 Å². The number of carbonyl (C=O) groups is 1. The largest absolute Gasteiger partial charge is 0.397 e. The second-order valence-electron chi connectivity index (χ2n) is 6.04. The average Bonchev–Trinajstić information content (AvgIpc) is 2.57. The number of halogens is 1. The number of piperazine rings is 1. The first kappa shape index (κ1) is 18.2. The van der Waals surface area contributed by atoms with E-state index in [1.165, 1.54) is 5.56 Å². The predicted octanol–water partition coefficient (Wildman–Crippen LogP) is 2.14. The third kappa shape index (κ3) is 4.24. The highest BCUT2D eigenvalue weighted by Gasteiger charge is 2.30. The Labute approximate surface area is 148 Å². The summed E-state index contributed by atoms with van der Waals surface area (Å²) in [5.74, 6) is 0.115. The Morgan fingerprint density at radius 1 is 1.21 bits per heavy atom. The first-order valence-corrected chi connectivity index (χ1v) is 7.87. The molecular formula is C18H23ClN4O. The van der Waals surface area contributed by atoms with E-state index in [0.29, 0.717) is 12.1 Å². The monoisotopic (exact) mass is 346 g/mol. The van der Waals surface area contributed by atoms with Gasteiger partial charge in [0.25, 0.3) is 0 Å². The van der Waals surface area contributed by atoms with Gasteiger partial charge in [-0.15, -0.1) is 12.4 Å². The quantitative estimate of drug-likeness (QED) is 0.925. The van der Waals surface area contributed by atoms with Crippen LogP contribution in [-0.2, 0) is 11.2 Å². The van der Waals surface area contributed by atoms with Crippen molar-refractivity contribution in [1.29, 1.82) is 0 Å². The molecule has 1 unspecified atom stereocenters. The number of hydrogen-bond donors (Lipinski definition) is 1. The van der Waals surface area contributed by atoms with Crippen molar-refractivity contribution in [3.63, 3.8) is 0 Å². The molecule has 24 heavy (non-hydrogen) atoms. The zero-order valence-corrected chi connectivity index (χ0v) is 14.6. The fraction of sp³-hybridized carbons (Fsp3) is 0.333. The number of aromatic nitrogens is 1. The van der Waals surface area contributed by atoms with Crippen LogP contribution in [0.4, 0.5) is 5.69 Å². The maximum absolute atomic E-state index is 12.8. The van der Waals surface area contributed by atoms with Gasteiger partial charge in [0.1, 0.15) is 0 Å². The predicted molar refractivity (Wildman–Crippen MR) is 98.0 cm³/mol. The van der Waals surface area contributed by atoms with Crippen LogP contribution in [-0.4, -0.2) is 47.4 Å². The van der Waals surface area contributed by atoms with Gasteiger partial charge in [-0.05, 0) is 24.7 Å². The van der Waals surface area contributed by atoms with E-state index in [1.807, 2.05) is 29.2 Å². The lowest BCUT2D eigenvalue weighted by Crippen LogP contribution is -2.49. The zero-order valence-electron chi connectivity index (χ0n) is 13.8. The van der Waals surface area contributed by atoms with E-state index >= 15 is 0 Å². The SMILES string of the molecule is CN1CCN(C(=O)Cc2ccc(N)cn2)C(c2ccccc2)C1.Cl. The lowest BCUT2D eigenvalue weighted by Gasteiger charge is -2.40. The van der Waals surface area contributed by atoms with Crippen molar-refractivity contribution >= 4 is 24.0 Å². The van der Waals surface area contributed by atoms with Crippen molar-refractivity contribution in [1.82, 2.24) is 14.8 Å². The van der Waals surface area contributed by atoms with E-state index in [4.69, 9.17) is 5.73 Å². The summed E-state index contributed by atoms with van der Waals surface area (Å²) in [6.45, 7) is 2.49. The third-order valence-corrected chi connectivity index (χ3v) is 4.27. The van der Waals surface area contributed by atoms with Crippen molar-refractivity contribution in [3.05, 3.63) is 59.9 Å². The highest BCUT2D eigenvalue weighted by atomic mass is 35.5. The highest BCUT2D eigenvalue weighted by Crippen LogP contribution is 2.25. The first-order valence-electron chi connectivity index (χ1n) is 7.87. The van der Waals surface area contributed by atoms with Gasteiger partial charge in [-0.2, -0.15) is 0 Å². The molecule has 0 saturated carbocycles. The number of pyridine rings is 1. The van der Waals surface area contributed by atoms with Crippen molar-refractivity contribution < 1.29 is 4.79 Å². The summed E-state index contributed by atoms with van der Waals surface area (Å²) in [7, 11) is 2.10. The van der Waals surface area contributed by atoms with Gasteiger partial charge >= 0.3 is 0 Å². The number of benzene rings is 1. The third-order valence-electron chi connectivity index (χ3n) is 4.27. The van der Waals surface area contributed by atoms with Crippen molar-refractivity contribution in [3.8, 4) is 0 Å². The standard InChI is InChI=1S/C18H22N4O.ClH/c1-21-9-10-22(17(13-21)14-5-3-2-4-6-14)18(23)11-16-8-7-15(19)12-20-16;/h2-8,12,17H,9-11,13,19H2,1H3;1H. The molecule has 2 N–H and O–H groups in total. The number of anilines is 1. The van der Waals surface area contributed by atoms with Gasteiger partial charge in [-0.25, -0.2) is 0 Å². The van der Waals surface area contributed by atoms with Crippen LogP contribution in [0.1, 0.15) is 17.3 Å². The molecule has 1 aliphatic rings. The van der Waals surface area contributed by atoms with Gasteiger partial charge in [0.15, 0.2) is 0 Å². The fourth-order valence-corrected chi connectivity index (χ4v) is 2.98. The molecule has 0 aliphatic carbocycles. The molecule has 128 valence electrons. The van der Waals surface area contributed by atoms with Crippen molar-refractivity contribution in [2.45, 2.75) is 12.5 Å². The molecule has 1 atom stereocenters. The number of nitrogens with zero attached hydrogens (tertiary/aromatic N) is 3. The minimum absolute atomic E-state index is 0. The second kappa shape index (κ2) is 8.13. The Bertz CT molecular complexity index is 662. The van der Waals surface area contributed by atoms with Gasteiger partial charge in [0.05, 0.1) is 24.3 Å². The second-order valence-corrected chi connectivity index (χ2v) is 6.04. The van der Waals surface area contributed by atoms with Crippen LogP contribution < -0.4 is 5.73 Å². The van der Waals surface area contributed by atoms with Gasteiger partial charge < -0.3 is 15.5 Å². The summed E-state index contributed by atoms with van der Waals surface area (Å²) in [5, 5.41) is 0. The summed E-state index contributed by atoms with van der Waals surface area (Å²) in [6, 6.07) is 13.9. The number of likely N-dealkylation sites (N-methyl/N-ethyl adjacent to an activating group) is 1. The van der Waals surface area contributed by atoms with Crippen LogP contribution in [0.15, 0.2) is 48.7 Å². The number of nitrogen functional groups attached to an aromatic ring is 1. The first-order chi connectivity index (χ1) is 11.1. The summed E-state index contributed by atoms with van der Waals surface area (Å²) in [6.07, 6.45) is 1.91. The van der Waals surface area contributed by atoms with E-state index in [1.54, 1.807) is 12.3 Å². The molecule has 6 heteroatoms. The maximum atomic E-state index is 12.8. The lowest BCUT2D eigenvalue weighted by atomic mass is 10.0. The smallest absolute Gasteiger partial charge is 0.229 e. The molecule has 1 fully saturated rings. The van der Waals surface area contributed by atoms with Crippen LogP contribution in [0.25, 0.3) is 0 Å². The van der Waals surface area contributed by atoms with Gasteiger partial charge in [0, 0.05) is 25.3 Å². The maximum Gasteiger partial charge on any atom is 0.229 e. The fourth-order valence-electron chi connectivity index (χ4n) is 2.98. The summed E-state index contributed by atoms with van der Waals surface area (Å²) < 4.78 is 0. The van der Waals surface area contributed by atoms with E-state index < -0.39 is 0 Å². The Kier molecular flexibility index (Phi) is 6.17. The van der Waals surface area contributed by atoms with Crippen molar-refractivity contribution in [2.24, 2.45) is 0 Å². The number of hydrogen-bond acceptors (Lipinski definition) is 4. The Morgan fingerprint density at radius 3 is 2.62 bits per heavy atom. The molecule has 1 saturated heterocycles. The lowest BCUT2D eigenvalue weighted by molar-refractivity contribution is -0.135. The molecule has 1 aromatic heterocycles. The number of amides is 1. The molecule has 1 aliphatic heterocycles. The molecule has 2 heterocycles. The summed E-state index contributed by atoms with van der Waals surface area (Å²) in [5.41, 5.74) is 8.20. The number of rotatable bonds is 3. The van der Waals surface area contributed by atoms with Gasteiger partial charge in [0.2, 0.25) is 5.91 Å². The minimum Gasteiger partial charge on any atom is -0.397 e. The molecule has 0 spiro atoms. The average molecular weight is 347 g/mol. The Balaban J connectivity index is 0.00000208. The van der Waals surface area contributed by atoms with Crippen molar-refractivity contribution in [2.75, 3.05) is 32.4 Å². The van der Waals surface area contributed by atoms with Crippen LogP contribution in [0.5, 0.6) is 0 Å². The van der Waals surface area contributed by atoms with Crippen LogP contribution in [0.3, 0.4) is 0 Å². The van der Waals surface area contributed by atoms with Crippen LogP contribution in [0, 0.1) is 0 Å². The molecule has 0 radical (unpaired) electrons. The van der Waals surface area contributed by atoms with E-state index in [9.17, 15) is 4.79 Å². The van der Waals surface area contributed by atoms with Gasteiger partial charge in [-0.1, -0.05) is 30.3 Å². The summed E-state index contributed by atoms with van der Waals surface area (Å²) >= 11 is 0. The molecular weight excluding hydrogens is 324 g/mol. The summed E-state index contributed by atoms with van der Waals surface area (Å²) in [4.78, 5) is 21.3. The highest BCUT2D eigenvalue weighted by molar-refractivity contribution is 5.85. The normalized spacial score (nSPS) is 18.0. The van der Waals surface area contributed by atoms with Crippen LogP contribution >= 0.6 is 12.4 Å². The van der Waals surface area contributed by atoms with E-state index in [-0.39, 0.29) is 24.4 Å². The molecule has 3 rings (SSSR count). The van der Waals surface area contributed by atoms with Crippen LogP contribution in [0.2, 0.25) is 0 Å². The molecule has 1 aromatic carbocycles. The minimum atomic E-state index is 0. The number of carbonyl (C=O) groups excluding carboxylic acids is 1. The molecule has 1 amide bonds. The zero-order chi connectivity index (χ0) is 16.2. The van der Waals surface area contributed by atoms with Gasteiger partial charge in [-0.3, -0.25) is 9.78 Å². The Hall–Kier alpha value is -2.11. The molecule has 5 nitrogen and oxygen atoms in total. The topological polar surface area (TPSA) is 62.5 Å². The van der Waals surface area contributed by atoms with E-state index in [0.717, 1.165) is 25.3 Å². The molecule has 2 aromatic rings. The number of nitrogens with two attached hydrogens (primary N) is 1.